The second-order valence-corrected chi connectivity index (χ2v) is 19.0. The summed E-state index contributed by atoms with van der Waals surface area (Å²) in [7, 11) is 0. The van der Waals surface area contributed by atoms with Crippen molar-refractivity contribution in [1.82, 2.24) is 5.32 Å². The van der Waals surface area contributed by atoms with E-state index in [2.05, 4.69) is 67.8 Å². The summed E-state index contributed by atoms with van der Waals surface area (Å²) in [5.41, 5.74) is 0. The van der Waals surface area contributed by atoms with E-state index in [1.807, 2.05) is 6.08 Å². The lowest BCUT2D eigenvalue weighted by Gasteiger charge is -2.46. The number of nitrogens with one attached hydrogen (secondary N) is 1. The molecule has 69 heavy (non-hydrogen) atoms. The van der Waals surface area contributed by atoms with Gasteiger partial charge in [0.25, 0.3) is 0 Å². The number of unbranched alkanes of at least 4 members (excludes halogenated alkanes) is 20. The zero-order valence-electron chi connectivity index (χ0n) is 42.5. The van der Waals surface area contributed by atoms with Crippen LogP contribution in [0.3, 0.4) is 0 Å². The summed E-state index contributed by atoms with van der Waals surface area (Å²) < 4.78 is 22.5. The summed E-state index contributed by atoms with van der Waals surface area (Å²) in [6.07, 6.45) is 35.2. The fourth-order valence-corrected chi connectivity index (χ4v) is 8.56. The van der Waals surface area contributed by atoms with Crippen molar-refractivity contribution in [3.63, 3.8) is 0 Å². The van der Waals surface area contributed by atoms with E-state index in [0.29, 0.717) is 6.42 Å². The maximum atomic E-state index is 13.1. The Morgan fingerprint density at radius 2 is 1.00 bits per heavy atom. The third kappa shape index (κ3) is 27.9. The van der Waals surface area contributed by atoms with Crippen LogP contribution in [-0.4, -0.2) is 140 Å². The van der Waals surface area contributed by atoms with Crippen LogP contribution >= 0.6 is 0 Å². The van der Waals surface area contributed by atoms with Crippen molar-refractivity contribution < 1.29 is 64.6 Å². The minimum atomic E-state index is -1.79. The predicted octanol–water partition coefficient (Wildman–Crippen LogP) is 7.83. The summed E-state index contributed by atoms with van der Waals surface area (Å²) in [5.74, 6) is -0.250. The number of allylic oxidation sites excluding steroid dienone is 9. The first-order valence-corrected chi connectivity index (χ1v) is 27.0. The number of hydrogen-bond donors (Lipinski definition) is 9. The average molecular weight is 980 g/mol. The second kappa shape index (κ2) is 41.2. The fourth-order valence-electron chi connectivity index (χ4n) is 8.56. The Labute approximate surface area is 416 Å². The van der Waals surface area contributed by atoms with E-state index in [1.165, 1.54) is 96.3 Å². The number of amides is 1. The monoisotopic (exact) mass is 980 g/mol. The number of rotatable bonds is 41. The molecule has 12 atom stereocenters. The Kier molecular flexibility index (Phi) is 37.5. The van der Waals surface area contributed by atoms with Gasteiger partial charge in [-0.25, -0.2) is 0 Å². The number of carbonyl (C=O) groups excluding carboxylic acids is 1. The summed E-state index contributed by atoms with van der Waals surface area (Å²) in [6, 6.07) is -0.910. The van der Waals surface area contributed by atoms with Crippen molar-refractivity contribution in [2.45, 2.75) is 261 Å². The predicted molar refractivity (Wildman–Crippen MR) is 272 cm³/mol. The summed E-state index contributed by atoms with van der Waals surface area (Å²) in [6.45, 7) is 2.50. The zero-order chi connectivity index (χ0) is 50.3. The van der Waals surface area contributed by atoms with Crippen molar-refractivity contribution in [2.75, 3.05) is 19.8 Å². The maximum Gasteiger partial charge on any atom is 0.220 e. The number of aliphatic hydroxyl groups excluding tert-OH is 8. The van der Waals surface area contributed by atoms with Gasteiger partial charge < -0.3 is 65.1 Å². The highest BCUT2D eigenvalue weighted by molar-refractivity contribution is 5.76. The van der Waals surface area contributed by atoms with Crippen molar-refractivity contribution in [3.8, 4) is 0 Å². The molecule has 12 unspecified atom stereocenters. The quantitative estimate of drug-likeness (QED) is 0.0211. The molecule has 1 amide bonds. The van der Waals surface area contributed by atoms with Gasteiger partial charge in [0.05, 0.1) is 32.0 Å². The second-order valence-electron chi connectivity index (χ2n) is 19.0. The lowest BCUT2D eigenvalue weighted by Crippen LogP contribution is -2.65. The van der Waals surface area contributed by atoms with E-state index in [4.69, 9.17) is 18.9 Å². The van der Waals surface area contributed by atoms with Gasteiger partial charge in [-0.1, -0.05) is 190 Å². The zero-order valence-corrected chi connectivity index (χ0v) is 42.5. The average Bonchev–Trinajstić information content (AvgIpc) is 3.35. The summed E-state index contributed by atoms with van der Waals surface area (Å²) >= 11 is 0. The van der Waals surface area contributed by atoms with Gasteiger partial charge in [-0.3, -0.25) is 4.79 Å². The van der Waals surface area contributed by atoms with Gasteiger partial charge in [0.15, 0.2) is 12.6 Å². The van der Waals surface area contributed by atoms with Crippen LogP contribution in [0.1, 0.15) is 187 Å². The van der Waals surface area contributed by atoms with Gasteiger partial charge in [-0.2, -0.15) is 0 Å². The molecule has 2 rings (SSSR count). The number of carbonyl (C=O) groups is 1. The Hall–Kier alpha value is -2.31. The van der Waals surface area contributed by atoms with Crippen LogP contribution in [-0.2, 0) is 23.7 Å². The standard InChI is InChI=1S/C55H97NO13/c1-3-5-7-9-10-11-12-13-14-15-16-17-18-19-20-21-22-23-24-25-26-27-28-29-30-31-32-33-34-35-37-39-47(60)56-43(44(59)38-36-8-6-4-2)42-66-54-52(65)50(63)53(46(41-58)68-54)69-55-51(64)49(62)48(61)45(40-57)67-55/h5,7,10-11,13-14,16-17,36,38,43-46,48-55,57-59,61-65H,3-4,6,8-9,12,15,18-35,37,39-42H2,1-2H3,(H,56,60)/b7-5-,11-10-,14-13-,17-16-,38-36+. The smallest absolute Gasteiger partial charge is 0.220 e. The topological polar surface area (TPSA) is 228 Å². The molecule has 400 valence electrons. The van der Waals surface area contributed by atoms with Crippen molar-refractivity contribution in [1.29, 1.82) is 0 Å². The molecule has 0 aromatic rings. The van der Waals surface area contributed by atoms with Crippen LogP contribution in [0.5, 0.6) is 0 Å². The molecule has 14 heteroatoms. The van der Waals surface area contributed by atoms with E-state index < -0.39 is 86.8 Å². The normalized spacial score (nSPS) is 26.6. The van der Waals surface area contributed by atoms with Crippen LogP contribution in [0.4, 0.5) is 0 Å². The van der Waals surface area contributed by atoms with Crippen LogP contribution in [0.2, 0.25) is 0 Å². The van der Waals surface area contributed by atoms with Crippen molar-refractivity contribution in [2.24, 2.45) is 0 Å². The molecule has 9 N–H and O–H groups in total. The fraction of sp³-hybridized carbons (Fsp3) is 0.800. The van der Waals surface area contributed by atoms with E-state index in [-0.39, 0.29) is 18.9 Å². The molecule has 2 fully saturated rings. The Morgan fingerprint density at radius 1 is 0.536 bits per heavy atom. The molecule has 0 aliphatic carbocycles. The largest absolute Gasteiger partial charge is 0.394 e. The molecule has 0 aromatic carbocycles. The first kappa shape index (κ1) is 62.8. The van der Waals surface area contributed by atoms with Gasteiger partial charge in [0, 0.05) is 6.42 Å². The van der Waals surface area contributed by atoms with Gasteiger partial charge in [0.1, 0.15) is 48.8 Å². The minimum Gasteiger partial charge on any atom is -0.394 e. The molecule has 2 saturated heterocycles. The van der Waals surface area contributed by atoms with E-state index in [9.17, 15) is 45.6 Å². The highest BCUT2D eigenvalue weighted by Gasteiger charge is 2.51. The van der Waals surface area contributed by atoms with Gasteiger partial charge in [0.2, 0.25) is 5.91 Å². The third-order valence-corrected chi connectivity index (χ3v) is 13.0. The summed E-state index contributed by atoms with van der Waals surface area (Å²) in [5, 5.41) is 86.1. The highest BCUT2D eigenvalue weighted by Crippen LogP contribution is 2.30. The molecular weight excluding hydrogens is 883 g/mol. The van der Waals surface area contributed by atoms with Crippen LogP contribution in [0.25, 0.3) is 0 Å². The molecule has 0 spiro atoms. The SMILES string of the molecule is CC/C=C\C/C=C\C/C=C\C/C=C\CCCCCCCCCCCCCCCCCCCCC(=O)NC(COC1OC(CO)C(OC2OC(CO)C(O)C(O)C2O)C(O)C1O)C(O)/C=C/CCCC. The Bertz CT molecular complexity index is 1390. The van der Waals surface area contributed by atoms with Crippen LogP contribution in [0, 0.1) is 0 Å². The molecule has 2 aliphatic rings. The van der Waals surface area contributed by atoms with Gasteiger partial charge in [-0.05, 0) is 51.4 Å². The third-order valence-electron chi connectivity index (χ3n) is 13.0. The highest BCUT2D eigenvalue weighted by atomic mass is 16.7. The number of ether oxygens (including phenoxy) is 4. The lowest BCUT2D eigenvalue weighted by molar-refractivity contribution is -0.359. The maximum absolute atomic E-state index is 13.1. The van der Waals surface area contributed by atoms with Crippen LogP contribution in [0.15, 0.2) is 60.8 Å². The van der Waals surface area contributed by atoms with Gasteiger partial charge >= 0.3 is 0 Å². The van der Waals surface area contributed by atoms with Gasteiger partial charge in [-0.15, -0.1) is 0 Å². The Balaban J connectivity index is 1.55. The van der Waals surface area contributed by atoms with E-state index >= 15 is 0 Å². The first-order valence-electron chi connectivity index (χ1n) is 27.0. The molecule has 0 saturated carbocycles. The molecular formula is C55H97NO13. The minimum absolute atomic E-state index is 0.250. The van der Waals surface area contributed by atoms with Crippen LogP contribution < -0.4 is 5.32 Å². The van der Waals surface area contributed by atoms with Crippen molar-refractivity contribution in [3.05, 3.63) is 60.8 Å². The number of hydrogen-bond acceptors (Lipinski definition) is 13. The molecule has 0 bridgehead atoms. The first-order chi connectivity index (χ1) is 33.6. The van der Waals surface area contributed by atoms with E-state index in [1.54, 1.807) is 6.08 Å². The van der Waals surface area contributed by atoms with Crippen molar-refractivity contribution >= 4 is 5.91 Å². The number of aliphatic hydroxyl groups is 8. The lowest BCUT2D eigenvalue weighted by atomic mass is 9.97. The molecule has 0 aromatic heterocycles. The van der Waals surface area contributed by atoms with E-state index in [0.717, 1.165) is 64.2 Å². The molecule has 0 radical (unpaired) electrons. The molecule has 2 heterocycles. The molecule has 14 nitrogen and oxygen atoms in total. The summed E-state index contributed by atoms with van der Waals surface area (Å²) in [4.78, 5) is 13.1. The Morgan fingerprint density at radius 3 is 1.52 bits per heavy atom. The molecule has 2 aliphatic heterocycles.